The van der Waals surface area contributed by atoms with Crippen LogP contribution in [0, 0.1) is 5.92 Å². The van der Waals surface area contributed by atoms with Gasteiger partial charge in [0.2, 0.25) is 5.91 Å². The van der Waals surface area contributed by atoms with Gasteiger partial charge < -0.3 is 16.2 Å². The molecule has 0 aliphatic heterocycles. The van der Waals surface area contributed by atoms with Crippen molar-refractivity contribution >= 4 is 11.9 Å². The smallest absolute Gasteiger partial charge is 0.326 e. The normalized spacial score (nSPS) is 14.6. The van der Waals surface area contributed by atoms with Crippen LogP contribution in [0.4, 0.5) is 0 Å². The molecular weight excluding hydrogens is 208 g/mol. The number of carbonyl (C=O) groups is 2. The van der Waals surface area contributed by atoms with Gasteiger partial charge in [0.25, 0.3) is 0 Å². The van der Waals surface area contributed by atoms with E-state index in [0.29, 0.717) is 12.8 Å². The Balaban J connectivity index is 4.28. The van der Waals surface area contributed by atoms with E-state index < -0.39 is 18.1 Å². The molecule has 0 aliphatic carbocycles. The lowest BCUT2D eigenvalue weighted by atomic mass is 10.0. The Morgan fingerprint density at radius 3 is 2.31 bits per heavy atom. The van der Waals surface area contributed by atoms with Gasteiger partial charge in [0.1, 0.15) is 6.04 Å². The van der Waals surface area contributed by atoms with Crippen LogP contribution in [0.5, 0.6) is 0 Å². The first-order valence-electron chi connectivity index (χ1n) is 5.67. The van der Waals surface area contributed by atoms with E-state index >= 15 is 0 Å². The number of amides is 1. The SMILES string of the molecule is CCCC(N)C(=O)N[C@H](CC(C)C)C(=O)O. The third-order valence-corrected chi connectivity index (χ3v) is 2.26. The van der Waals surface area contributed by atoms with Crippen molar-refractivity contribution in [1.29, 1.82) is 0 Å². The molecule has 0 aromatic rings. The summed E-state index contributed by atoms with van der Waals surface area (Å²) in [7, 11) is 0. The Bertz CT molecular complexity index is 241. The fraction of sp³-hybridized carbons (Fsp3) is 0.818. The Morgan fingerprint density at radius 1 is 1.38 bits per heavy atom. The van der Waals surface area contributed by atoms with E-state index in [1.54, 1.807) is 0 Å². The summed E-state index contributed by atoms with van der Waals surface area (Å²) in [6.45, 7) is 5.75. The molecule has 5 heteroatoms. The molecular formula is C11H22N2O3. The molecule has 4 N–H and O–H groups in total. The molecule has 0 heterocycles. The van der Waals surface area contributed by atoms with Crippen LogP contribution in [0.1, 0.15) is 40.0 Å². The number of carbonyl (C=O) groups excluding carboxylic acids is 1. The van der Waals surface area contributed by atoms with Crippen molar-refractivity contribution in [1.82, 2.24) is 5.32 Å². The molecule has 1 unspecified atom stereocenters. The van der Waals surface area contributed by atoms with Crippen molar-refractivity contribution in [2.75, 3.05) is 0 Å². The van der Waals surface area contributed by atoms with Gasteiger partial charge in [-0.2, -0.15) is 0 Å². The number of nitrogens with two attached hydrogens (primary N) is 1. The second-order valence-electron chi connectivity index (χ2n) is 4.42. The molecule has 16 heavy (non-hydrogen) atoms. The first-order valence-corrected chi connectivity index (χ1v) is 5.67. The maximum absolute atomic E-state index is 11.5. The van der Waals surface area contributed by atoms with E-state index in [1.165, 1.54) is 0 Å². The molecule has 0 fully saturated rings. The van der Waals surface area contributed by atoms with Crippen LogP contribution in [-0.2, 0) is 9.59 Å². The van der Waals surface area contributed by atoms with Crippen molar-refractivity contribution in [3.8, 4) is 0 Å². The van der Waals surface area contributed by atoms with Crippen molar-refractivity contribution < 1.29 is 14.7 Å². The minimum Gasteiger partial charge on any atom is -0.480 e. The Labute approximate surface area is 96.4 Å². The first-order chi connectivity index (χ1) is 7.38. The summed E-state index contributed by atoms with van der Waals surface area (Å²) in [5.74, 6) is -1.18. The third-order valence-electron chi connectivity index (χ3n) is 2.26. The average molecular weight is 230 g/mol. The second-order valence-corrected chi connectivity index (χ2v) is 4.42. The number of aliphatic carboxylic acids is 1. The molecule has 0 saturated carbocycles. The third kappa shape index (κ3) is 5.70. The van der Waals surface area contributed by atoms with Gasteiger partial charge in [-0.15, -0.1) is 0 Å². The van der Waals surface area contributed by atoms with Gasteiger partial charge >= 0.3 is 5.97 Å². The standard InChI is InChI=1S/C11H22N2O3/c1-4-5-8(12)10(14)13-9(11(15)16)6-7(2)3/h7-9H,4-6,12H2,1-3H3,(H,13,14)(H,15,16)/t8?,9-/m1/s1. The van der Waals surface area contributed by atoms with Crippen molar-refractivity contribution in [3.05, 3.63) is 0 Å². The Hall–Kier alpha value is -1.10. The van der Waals surface area contributed by atoms with E-state index in [-0.39, 0.29) is 11.8 Å². The minimum atomic E-state index is -1.01. The monoisotopic (exact) mass is 230 g/mol. The zero-order chi connectivity index (χ0) is 12.7. The summed E-state index contributed by atoms with van der Waals surface area (Å²) < 4.78 is 0. The maximum Gasteiger partial charge on any atom is 0.326 e. The van der Waals surface area contributed by atoms with Crippen molar-refractivity contribution in [3.63, 3.8) is 0 Å². The van der Waals surface area contributed by atoms with E-state index in [2.05, 4.69) is 5.32 Å². The maximum atomic E-state index is 11.5. The number of carboxylic acid groups (broad SMARTS) is 1. The highest BCUT2D eigenvalue weighted by atomic mass is 16.4. The number of rotatable bonds is 7. The van der Waals surface area contributed by atoms with Crippen LogP contribution in [0.2, 0.25) is 0 Å². The highest BCUT2D eigenvalue weighted by Gasteiger charge is 2.23. The molecule has 0 aromatic heterocycles. The van der Waals surface area contributed by atoms with E-state index in [1.807, 2.05) is 20.8 Å². The van der Waals surface area contributed by atoms with Crippen LogP contribution in [0.25, 0.3) is 0 Å². The van der Waals surface area contributed by atoms with Gasteiger partial charge in [-0.25, -0.2) is 4.79 Å². The lowest BCUT2D eigenvalue weighted by molar-refractivity contribution is -0.142. The highest BCUT2D eigenvalue weighted by molar-refractivity contribution is 5.86. The molecule has 2 atom stereocenters. The fourth-order valence-electron chi connectivity index (χ4n) is 1.41. The summed E-state index contributed by atoms with van der Waals surface area (Å²) in [4.78, 5) is 22.4. The fourth-order valence-corrected chi connectivity index (χ4v) is 1.41. The van der Waals surface area contributed by atoms with E-state index in [9.17, 15) is 9.59 Å². The molecule has 0 aliphatic rings. The summed E-state index contributed by atoms with van der Waals surface area (Å²) in [6.07, 6.45) is 1.79. The molecule has 0 rings (SSSR count). The van der Waals surface area contributed by atoms with Crippen LogP contribution in [-0.4, -0.2) is 29.1 Å². The summed E-state index contributed by atoms with van der Waals surface area (Å²) in [5, 5.41) is 11.4. The van der Waals surface area contributed by atoms with Gasteiger partial charge in [-0.3, -0.25) is 4.79 Å². The Morgan fingerprint density at radius 2 is 1.94 bits per heavy atom. The zero-order valence-electron chi connectivity index (χ0n) is 10.2. The quantitative estimate of drug-likeness (QED) is 0.601. The molecule has 0 aromatic carbocycles. The predicted molar refractivity (Wildman–Crippen MR) is 61.9 cm³/mol. The van der Waals surface area contributed by atoms with Crippen molar-refractivity contribution in [2.24, 2.45) is 11.7 Å². The topological polar surface area (TPSA) is 92.4 Å². The zero-order valence-corrected chi connectivity index (χ0v) is 10.2. The molecule has 0 radical (unpaired) electrons. The van der Waals surface area contributed by atoms with Crippen LogP contribution in [0.15, 0.2) is 0 Å². The number of carboxylic acids is 1. The molecule has 94 valence electrons. The molecule has 1 amide bonds. The molecule has 0 bridgehead atoms. The molecule has 5 nitrogen and oxygen atoms in total. The Kier molecular flexibility index (Phi) is 6.72. The first kappa shape index (κ1) is 14.9. The summed E-state index contributed by atoms with van der Waals surface area (Å²) >= 11 is 0. The highest BCUT2D eigenvalue weighted by Crippen LogP contribution is 2.05. The largest absolute Gasteiger partial charge is 0.480 e. The number of nitrogens with one attached hydrogen (secondary N) is 1. The molecule has 0 spiro atoms. The van der Waals surface area contributed by atoms with Gasteiger partial charge in [0.05, 0.1) is 6.04 Å². The van der Waals surface area contributed by atoms with Gasteiger partial charge in [0.15, 0.2) is 0 Å². The lowest BCUT2D eigenvalue weighted by Gasteiger charge is -2.18. The summed E-state index contributed by atoms with van der Waals surface area (Å²) in [6, 6.07) is -1.45. The lowest BCUT2D eigenvalue weighted by Crippen LogP contribution is -2.48. The summed E-state index contributed by atoms with van der Waals surface area (Å²) in [5.41, 5.74) is 5.60. The number of hydrogen-bond donors (Lipinski definition) is 3. The van der Waals surface area contributed by atoms with Crippen molar-refractivity contribution in [2.45, 2.75) is 52.1 Å². The average Bonchev–Trinajstić information content (AvgIpc) is 2.16. The van der Waals surface area contributed by atoms with E-state index in [4.69, 9.17) is 10.8 Å². The number of hydrogen-bond acceptors (Lipinski definition) is 3. The van der Waals surface area contributed by atoms with Crippen LogP contribution < -0.4 is 11.1 Å². The predicted octanol–water partition coefficient (Wildman–Crippen LogP) is 0.729. The molecule has 0 saturated heterocycles. The second kappa shape index (κ2) is 7.22. The minimum absolute atomic E-state index is 0.212. The van der Waals surface area contributed by atoms with Crippen LogP contribution >= 0.6 is 0 Å². The van der Waals surface area contributed by atoms with Gasteiger partial charge in [-0.05, 0) is 18.8 Å². The van der Waals surface area contributed by atoms with E-state index in [0.717, 1.165) is 6.42 Å². The van der Waals surface area contributed by atoms with Gasteiger partial charge in [0, 0.05) is 0 Å². The van der Waals surface area contributed by atoms with Crippen LogP contribution in [0.3, 0.4) is 0 Å². The van der Waals surface area contributed by atoms with Gasteiger partial charge in [-0.1, -0.05) is 27.2 Å².